The van der Waals surface area contributed by atoms with Crippen molar-refractivity contribution in [3.63, 3.8) is 0 Å². The van der Waals surface area contributed by atoms with E-state index in [1.165, 1.54) is 0 Å². The van der Waals surface area contributed by atoms with E-state index in [1.54, 1.807) is 4.90 Å². The Morgan fingerprint density at radius 3 is 1.96 bits per heavy atom. The average molecular weight is 666 g/mol. The molecule has 2 aliphatic rings. The van der Waals surface area contributed by atoms with E-state index in [0.717, 1.165) is 93.9 Å². The number of furan rings is 1. The lowest BCUT2D eigenvalue weighted by molar-refractivity contribution is 0.210. The van der Waals surface area contributed by atoms with Gasteiger partial charge in [0.05, 0.1) is 5.69 Å². The molecule has 1 amide bonds. The van der Waals surface area contributed by atoms with Crippen LogP contribution in [0.15, 0.2) is 174 Å². The zero-order chi connectivity index (χ0) is 34.3. The molecule has 11 rings (SSSR count). The minimum atomic E-state index is -0.411. The van der Waals surface area contributed by atoms with Crippen molar-refractivity contribution in [3.05, 3.63) is 170 Å². The van der Waals surface area contributed by atoms with Gasteiger partial charge in [-0.2, -0.15) is 0 Å². The molecular formula is C47H28BNO3. The molecule has 242 valence electrons. The normalized spacial score (nSPS) is 13.1. The summed E-state index contributed by atoms with van der Waals surface area (Å²) in [6, 6.07) is 58.9. The van der Waals surface area contributed by atoms with Gasteiger partial charge in [0.15, 0.2) is 0 Å². The Kier molecular flexibility index (Phi) is 6.17. The van der Waals surface area contributed by atoms with E-state index < -0.39 is 6.09 Å². The quantitative estimate of drug-likeness (QED) is 0.176. The van der Waals surface area contributed by atoms with E-state index in [1.807, 2.05) is 48.5 Å². The van der Waals surface area contributed by atoms with Crippen LogP contribution in [-0.4, -0.2) is 12.8 Å². The molecule has 0 radical (unpaired) electrons. The first-order chi connectivity index (χ1) is 25.7. The van der Waals surface area contributed by atoms with Crippen molar-refractivity contribution >= 4 is 73.3 Å². The Morgan fingerprint density at radius 1 is 0.519 bits per heavy atom. The molecule has 5 heteroatoms. The van der Waals surface area contributed by atoms with Gasteiger partial charge in [-0.15, -0.1) is 0 Å². The molecule has 0 unspecified atom stereocenters. The second-order valence-electron chi connectivity index (χ2n) is 13.6. The molecule has 0 aliphatic carbocycles. The number of hydrogen-bond donors (Lipinski definition) is 0. The highest BCUT2D eigenvalue weighted by Gasteiger charge is 2.42. The van der Waals surface area contributed by atoms with Crippen LogP contribution < -0.4 is 26.0 Å². The molecule has 4 nitrogen and oxygen atoms in total. The van der Waals surface area contributed by atoms with Gasteiger partial charge >= 0.3 is 6.09 Å². The van der Waals surface area contributed by atoms with Gasteiger partial charge in [0.2, 0.25) is 0 Å². The van der Waals surface area contributed by atoms with Crippen molar-refractivity contribution in [1.82, 2.24) is 0 Å². The second kappa shape index (κ2) is 11.1. The van der Waals surface area contributed by atoms with Crippen LogP contribution in [0.3, 0.4) is 0 Å². The Morgan fingerprint density at radius 2 is 1.17 bits per heavy atom. The highest BCUT2D eigenvalue weighted by atomic mass is 16.6. The van der Waals surface area contributed by atoms with Crippen molar-refractivity contribution in [3.8, 4) is 39.1 Å². The summed E-state index contributed by atoms with van der Waals surface area (Å²) in [4.78, 5) is 16.0. The summed E-state index contributed by atoms with van der Waals surface area (Å²) >= 11 is 0. The molecule has 0 atom stereocenters. The minimum Gasteiger partial charge on any atom is -0.457 e. The number of para-hydroxylation sites is 3. The first-order valence-corrected chi connectivity index (χ1v) is 17.6. The first-order valence-electron chi connectivity index (χ1n) is 17.6. The average Bonchev–Trinajstić information content (AvgIpc) is 3.59. The Labute approximate surface area is 300 Å². The smallest absolute Gasteiger partial charge is 0.424 e. The van der Waals surface area contributed by atoms with E-state index in [4.69, 9.17) is 9.15 Å². The van der Waals surface area contributed by atoms with Crippen LogP contribution in [0, 0.1) is 0 Å². The Hall–Kier alpha value is -6.85. The lowest BCUT2D eigenvalue weighted by Crippen LogP contribution is -2.59. The van der Waals surface area contributed by atoms with E-state index in [0.29, 0.717) is 5.75 Å². The van der Waals surface area contributed by atoms with Gasteiger partial charge in [0.1, 0.15) is 16.9 Å². The van der Waals surface area contributed by atoms with E-state index in [2.05, 4.69) is 121 Å². The minimum absolute atomic E-state index is 0.168. The maximum absolute atomic E-state index is 14.3. The molecule has 0 spiro atoms. The predicted octanol–water partition coefficient (Wildman–Crippen LogP) is 10.2. The number of amides is 1. The molecule has 1 aromatic heterocycles. The van der Waals surface area contributed by atoms with E-state index >= 15 is 0 Å². The molecule has 0 N–H and O–H groups in total. The van der Waals surface area contributed by atoms with Crippen molar-refractivity contribution in [1.29, 1.82) is 0 Å². The molecule has 0 bridgehead atoms. The summed E-state index contributed by atoms with van der Waals surface area (Å²) in [5.74, 6) is 0.563. The van der Waals surface area contributed by atoms with Crippen molar-refractivity contribution in [2.24, 2.45) is 0 Å². The fraction of sp³-hybridized carbons (Fsp3) is 0. The number of carbonyl (C=O) groups is 1. The highest BCUT2D eigenvalue weighted by molar-refractivity contribution is 6.99. The SMILES string of the molecule is O=C1Oc2cc(-c3c(-c4ccccc4)cccc3-c3ccccc3)cc3ccc4c(c23)N1c1ccccc1B4c1cccc2c1oc1ccccc12. The number of anilines is 2. The fourth-order valence-electron chi connectivity index (χ4n) is 8.59. The third kappa shape index (κ3) is 4.14. The number of nitrogens with zero attached hydrogens (tertiary/aromatic N) is 1. The van der Waals surface area contributed by atoms with Gasteiger partial charge in [-0.1, -0.05) is 146 Å². The molecule has 9 aromatic rings. The molecule has 0 fully saturated rings. The molecule has 0 saturated heterocycles. The molecule has 0 saturated carbocycles. The van der Waals surface area contributed by atoms with Crippen LogP contribution in [0.25, 0.3) is 66.1 Å². The monoisotopic (exact) mass is 665 g/mol. The zero-order valence-corrected chi connectivity index (χ0v) is 27.9. The van der Waals surface area contributed by atoms with Crippen molar-refractivity contribution in [2.75, 3.05) is 4.90 Å². The summed E-state index contributed by atoms with van der Waals surface area (Å²) in [6.45, 7) is -0.168. The van der Waals surface area contributed by atoms with Gasteiger partial charge < -0.3 is 9.15 Å². The van der Waals surface area contributed by atoms with Crippen LogP contribution in [0.4, 0.5) is 16.2 Å². The Bertz CT molecular complexity index is 2860. The van der Waals surface area contributed by atoms with Crippen molar-refractivity contribution in [2.45, 2.75) is 0 Å². The molecule has 8 aromatic carbocycles. The standard InChI is InChI=1S/C47H28BNO3/c50-47-49-40-23-9-8-21-37(40)48(39-22-12-20-36-35-17-7-10-24-41(35)51-46(36)39)38-26-25-31-27-32(28-42(52-47)44(31)45(38)49)43-33(29-13-3-1-4-14-29)18-11-19-34(43)30-15-5-2-6-16-30/h1-28H. The largest absolute Gasteiger partial charge is 0.457 e. The topological polar surface area (TPSA) is 42.7 Å². The van der Waals surface area contributed by atoms with Crippen molar-refractivity contribution < 1.29 is 13.9 Å². The third-order valence-corrected chi connectivity index (χ3v) is 10.8. The van der Waals surface area contributed by atoms with Crippen LogP contribution in [0.2, 0.25) is 0 Å². The van der Waals surface area contributed by atoms with Crippen LogP contribution >= 0.6 is 0 Å². The maximum Gasteiger partial charge on any atom is 0.424 e. The number of ether oxygens (including phenoxy) is 1. The number of benzene rings is 8. The molecule has 52 heavy (non-hydrogen) atoms. The summed E-state index contributed by atoms with van der Waals surface area (Å²) in [5, 5.41) is 4.11. The fourth-order valence-corrected chi connectivity index (χ4v) is 8.59. The first kappa shape index (κ1) is 28.9. The number of carbonyl (C=O) groups excluding carboxylic acids is 1. The lowest BCUT2D eigenvalue weighted by atomic mass is 9.35. The summed E-state index contributed by atoms with van der Waals surface area (Å²) in [6.07, 6.45) is -0.411. The number of rotatable bonds is 4. The van der Waals surface area contributed by atoms with Gasteiger partial charge in [-0.3, -0.25) is 0 Å². The summed E-state index contributed by atoms with van der Waals surface area (Å²) < 4.78 is 12.9. The Balaban J connectivity index is 1.18. The number of fused-ring (bicyclic) bond motifs is 5. The molecule has 3 heterocycles. The van der Waals surface area contributed by atoms with Gasteiger partial charge in [-0.05, 0) is 79.4 Å². The van der Waals surface area contributed by atoms with E-state index in [9.17, 15) is 4.79 Å². The highest BCUT2D eigenvalue weighted by Crippen LogP contribution is 2.48. The van der Waals surface area contributed by atoms with E-state index in [-0.39, 0.29) is 6.71 Å². The second-order valence-corrected chi connectivity index (χ2v) is 13.6. The maximum atomic E-state index is 14.3. The van der Waals surface area contributed by atoms with Gasteiger partial charge in [-0.25, -0.2) is 9.69 Å². The zero-order valence-electron chi connectivity index (χ0n) is 27.9. The molecule has 2 aliphatic heterocycles. The number of hydrogen-bond acceptors (Lipinski definition) is 3. The van der Waals surface area contributed by atoms with Gasteiger partial charge in [0.25, 0.3) is 6.71 Å². The van der Waals surface area contributed by atoms with Crippen LogP contribution in [0.5, 0.6) is 5.75 Å². The summed E-state index contributed by atoms with van der Waals surface area (Å²) in [5.41, 5.74) is 13.1. The van der Waals surface area contributed by atoms with Crippen LogP contribution in [0.1, 0.15) is 0 Å². The lowest BCUT2D eigenvalue weighted by Gasteiger charge is -2.38. The summed E-state index contributed by atoms with van der Waals surface area (Å²) in [7, 11) is 0. The molecular weight excluding hydrogens is 637 g/mol. The predicted molar refractivity (Wildman–Crippen MR) is 213 cm³/mol. The van der Waals surface area contributed by atoms with Crippen LogP contribution in [-0.2, 0) is 0 Å². The van der Waals surface area contributed by atoms with Gasteiger partial charge in [0, 0.05) is 21.8 Å². The third-order valence-electron chi connectivity index (χ3n) is 10.8.